The number of nitrogens with zero attached hydrogens (tertiary/aromatic N) is 1. The van der Waals surface area contributed by atoms with Gasteiger partial charge in [0, 0.05) is 67.3 Å². The number of amides is 2. The molecule has 7 heteroatoms. The number of thioether (sulfide) groups is 1. The summed E-state index contributed by atoms with van der Waals surface area (Å²) in [5.74, 6) is 2.00. The van der Waals surface area contributed by atoms with Crippen LogP contribution in [-0.4, -0.2) is 58.9 Å². The minimum Gasteiger partial charge on any atom is -0.361 e. The van der Waals surface area contributed by atoms with Gasteiger partial charge >= 0.3 is 0 Å². The number of nitrogens with one attached hydrogen (secondary N) is 3. The minimum absolute atomic E-state index is 0.218. The normalized spacial score (nSPS) is 15.4. The predicted octanol–water partition coefficient (Wildman–Crippen LogP) is 3.45. The molecule has 1 aliphatic heterocycles. The molecule has 6 nitrogen and oxygen atoms in total. The zero-order valence-corrected chi connectivity index (χ0v) is 19.2. The van der Waals surface area contributed by atoms with Crippen LogP contribution in [0.3, 0.4) is 0 Å². The number of carbonyl (C=O) groups is 2. The van der Waals surface area contributed by atoms with Crippen LogP contribution in [0, 0.1) is 0 Å². The third-order valence-corrected chi connectivity index (χ3v) is 6.78. The van der Waals surface area contributed by atoms with E-state index in [0.717, 1.165) is 35.1 Å². The second kappa shape index (κ2) is 10.7. The molecule has 32 heavy (non-hydrogen) atoms. The lowest BCUT2D eigenvalue weighted by Gasteiger charge is -2.26. The van der Waals surface area contributed by atoms with Crippen LogP contribution in [0.5, 0.6) is 0 Å². The van der Waals surface area contributed by atoms with Gasteiger partial charge in [-0.15, -0.1) is 0 Å². The van der Waals surface area contributed by atoms with E-state index in [9.17, 15) is 9.59 Å². The fourth-order valence-corrected chi connectivity index (χ4v) is 5.05. The Balaban J connectivity index is 1.37. The van der Waals surface area contributed by atoms with Gasteiger partial charge in [-0.05, 0) is 35.7 Å². The zero-order chi connectivity index (χ0) is 22.3. The Morgan fingerprint density at radius 2 is 1.84 bits per heavy atom. The third-order valence-electron chi connectivity index (χ3n) is 5.83. The summed E-state index contributed by atoms with van der Waals surface area (Å²) >= 11 is 2.03. The Labute approximate surface area is 193 Å². The van der Waals surface area contributed by atoms with Crippen LogP contribution in [0.15, 0.2) is 54.7 Å². The molecule has 2 heterocycles. The van der Waals surface area contributed by atoms with E-state index in [4.69, 9.17) is 0 Å². The molecular formula is C25H30N4O2S. The number of para-hydroxylation sites is 1. The summed E-state index contributed by atoms with van der Waals surface area (Å²) in [6.45, 7) is 4.84. The standard InChI is InChI=1S/C25H30N4O2S/c1-18(30)27-24(16-20-17-26-23-5-3-2-4-22(20)23)25(31)28-21-8-6-19(7-9-21)10-11-29-12-14-32-15-13-29/h2-9,17,24,26H,10-16H2,1H3,(H,27,30)(H,28,31). The first-order valence-corrected chi connectivity index (χ1v) is 12.3. The quantitative estimate of drug-likeness (QED) is 0.491. The molecule has 0 spiro atoms. The number of benzene rings is 2. The summed E-state index contributed by atoms with van der Waals surface area (Å²) in [4.78, 5) is 30.5. The van der Waals surface area contributed by atoms with Gasteiger partial charge in [-0.3, -0.25) is 9.59 Å². The van der Waals surface area contributed by atoms with Crippen molar-refractivity contribution in [1.29, 1.82) is 0 Å². The smallest absolute Gasteiger partial charge is 0.247 e. The van der Waals surface area contributed by atoms with Crippen LogP contribution in [0.1, 0.15) is 18.1 Å². The highest BCUT2D eigenvalue weighted by Gasteiger charge is 2.21. The number of aromatic nitrogens is 1. The molecule has 1 aromatic heterocycles. The number of carbonyl (C=O) groups excluding carboxylic acids is 2. The second-order valence-corrected chi connectivity index (χ2v) is 9.43. The molecule has 1 saturated heterocycles. The zero-order valence-electron chi connectivity index (χ0n) is 18.4. The van der Waals surface area contributed by atoms with E-state index >= 15 is 0 Å². The molecule has 3 N–H and O–H groups in total. The molecule has 1 unspecified atom stereocenters. The average Bonchev–Trinajstić information content (AvgIpc) is 3.21. The van der Waals surface area contributed by atoms with Crippen molar-refractivity contribution in [3.63, 3.8) is 0 Å². The fourth-order valence-electron chi connectivity index (χ4n) is 4.07. The summed E-state index contributed by atoms with van der Waals surface area (Å²) in [6.07, 6.45) is 3.33. The van der Waals surface area contributed by atoms with Crippen molar-refractivity contribution in [1.82, 2.24) is 15.2 Å². The van der Waals surface area contributed by atoms with Crippen LogP contribution in [-0.2, 0) is 22.4 Å². The Morgan fingerprint density at radius 1 is 1.09 bits per heavy atom. The Kier molecular flexibility index (Phi) is 7.50. The lowest BCUT2D eigenvalue weighted by Crippen LogP contribution is -2.44. The molecular weight excluding hydrogens is 420 g/mol. The van der Waals surface area contributed by atoms with Crippen molar-refractivity contribution >= 4 is 40.2 Å². The van der Waals surface area contributed by atoms with Crippen molar-refractivity contribution < 1.29 is 9.59 Å². The predicted molar refractivity (Wildman–Crippen MR) is 132 cm³/mol. The first kappa shape index (κ1) is 22.4. The Morgan fingerprint density at radius 3 is 2.59 bits per heavy atom. The molecule has 1 atom stereocenters. The van der Waals surface area contributed by atoms with E-state index in [0.29, 0.717) is 6.42 Å². The second-order valence-electron chi connectivity index (χ2n) is 8.21. The molecule has 168 valence electrons. The lowest BCUT2D eigenvalue weighted by molar-refractivity contribution is -0.125. The van der Waals surface area contributed by atoms with Crippen LogP contribution < -0.4 is 10.6 Å². The molecule has 2 amide bonds. The SMILES string of the molecule is CC(=O)NC(Cc1c[nH]c2ccccc12)C(=O)Nc1ccc(CCN2CCSCC2)cc1. The topological polar surface area (TPSA) is 77.2 Å². The maximum absolute atomic E-state index is 13.0. The number of fused-ring (bicyclic) bond motifs is 1. The maximum atomic E-state index is 13.0. The first-order chi connectivity index (χ1) is 15.6. The maximum Gasteiger partial charge on any atom is 0.247 e. The lowest BCUT2D eigenvalue weighted by atomic mass is 10.0. The van der Waals surface area contributed by atoms with E-state index in [1.54, 1.807) is 0 Å². The number of anilines is 1. The molecule has 3 aromatic rings. The van der Waals surface area contributed by atoms with Crippen molar-refractivity contribution in [2.75, 3.05) is 36.5 Å². The fraction of sp³-hybridized carbons (Fsp3) is 0.360. The van der Waals surface area contributed by atoms with Crippen LogP contribution in [0.25, 0.3) is 10.9 Å². The number of H-pyrrole nitrogens is 1. The van der Waals surface area contributed by atoms with E-state index in [-0.39, 0.29) is 11.8 Å². The van der Waals surface area contributed by atoms with Crippen molar-refractivity contribution in [2.45, 2.75) is 25.8 Å². The van der Waals surface area contributed by atoms with E-state index in [1.807, 2.05) is 54.4 Å². The molecule has 2 aromatic carbocycles. The summed E-state index contributed by atoms with van der Waals surface area (Å²) in [5, 5.41) is 6.82. The van der Waals surface area contributed by atoms with Gasteiger partial charge in [0.15, 0.2) is 0 Å². The number of rotatable bonds is 8. The van der Waals surface area contributed by atoms with Gasteiger partial charge < -0.3 is 20.5 Å². The largest absolute Gasteiger partial charge is 0.361 e. The molecule has 0 saturated carbocycles. The van der Waals surface area contributed by atoms with Crippen molar-refractivity contribution in [3.8, 4) is 0 Å². The molecule has 0 radical (unpaired) electrons. The Hall–Kier alpha value is -2.77. The van der Waals surface area contributed by atoms with Crippen molar-refractivity contribution in [3.05, 3.63) is 65.9 Å². The molecule has 1 fully saturated rings. The van der Waals surface area contributed by atoms with Crippen LogP contribution >= 0.6 is 11.8 Å². The van der Waals surface area contributed by atoms with Gasteiger partial charge in [0.1, 0.15) is 6.04 Å². The minimum atomic E-state index is -0.650. The van der Waals surface area contributed by atoms with Crippen LogP contribution in [0.4, 0.5) is 5.69 Å². The number of hydrogen-bond donors (Lipinski definition) is 3. The summed E-state index contributed by atoms with van der Waals surface area (Å²) < 4.78 is 0. The van der Waals surface area contributed by atoms with Gasteiger partial charge in [-0.1, -0.05) is 30.3 Å². The van der Waals surface area contributed by atoms with Gasteiger partial charge in [0.05, 0.1) is 0 Å². The first-order valence-electron chi connectivity index (χ1n) is 11.1. The van der Waals surface area contributed by atoms with Gasteiger partial charge in [-0.25, -0.2) is 0 Å². The van der Waals surface area contributed by atoms with Gasteiger partial charge in [-0.2, -0.15) is 11.8 Å². The molecule has 1 aliphatic rings. The highest BCUT2D eigenvalue weighted by molar-refractivity contribution is 7.99. The van der Waals surface area contributed by atoms with E-state index in [1.165, 1.54) is 37.1 Å². The molecule has 0 bridgehead atoms. The molecule has 4 rings (SSSR count). The van der Waals surface area contributed by atoms with Gasteiger partial charge in [0.2, 0.25) is 11.8 Å². The highest BCUT2D eigenvalue weighted by Crippen LogP contribution is 2.20. The van der Waals surface area contributed by atoms with E-state index in [2.05, 4.69) is 32.7 Å². The summed E-state index contributed by atoms with van der Waals surface area (Å²) in [7, 11) is 0. The summed E-state index contributed by atoms with van der Waals surface area (Å²) in [5.41, 5.74) is 4.02. The number of aromatic amines is 1. The average molecular weight is 451 g/mol. The Bertz CT molecular complexity index is 1060. The molecule has 0 aliphatic carbocycles. The van der Waals surface area contributed by atoms with Gasteiger partial charge in [0.25, 0.3) is 0 Å². The third kappa shape index (κ3) is 5.93. The summed E-state index contributed by atoms with van der Waals surface area (Å²) in [6, 6.07) is 15.3. The van der Waals surface area contributed by atoms with Crippen LogP contribution in [0.2, 0.25) is 0 Å². The highest BCUT2D eigenvalue weighted by atomic mass is 32.2. The van der Waals surface area contributed by atoms with Crippen molar-refractivity contribution in [2.24, 2.45) is 0 Å². The van der Waals surface area contributed by atoms with E-state index < -0.39 is 6.04 Å². The monoisotopic (exact) mass is 450 g/mol. The number of hydrogen-bond acceptors (Lipinski definition) is 4.